The van der Waals surface area contributed by atoms with Crippen molar-refractivity contribution in [2.24, 2.45) is 5.92 Å². The van der Waals surface area contributed by atoms with Crippen molar-refractivity contribution in [2.75, 3.05) is 14.2 Å². The fourth-order valence-corrected chi connectivity index (χ4v) is 3.15. The van der Waals surface area contributed by atoms with E-state index in [1.807, 2.05) is 6.92 Å². The summed E-state index contributed by atoms with van der Waals surface area (Å²) in [6, 6.07) is 0. The molecule has 0 aromatic carbocycles. The highest BCUT2D eigenvalue weighted by atomic mass is 16.5. The Balaban J connectivity index is 2.33. The lowest BCUT2D eigenvalue weighted by molar-refractivity contribution is -0.133. The smallest absolute Gasteiger partial charge is 0.162 e. The molecule has 1 saturated carbocycles. The van der Waals surface area contributed by atoms with Crippen molar-refractivity contribution in [1.82, 2.24) is 9.78 Å². The Labute approximate surface area is 120 Å². The minimum Gasteiger partial charge on any atom is -0.493 e. The van der Waals surface area contributed by atoms with Crippen molar-refractivity contribution in [3.05, 3.63) is 11.9 Å². The molecule has 1 N–H and O–H groups in total. The minimum atomic E-state index is -0.711. The highest BCUT2D eigenvalue weighted by molar-refractivity contribution is 5.29. The summed E-state index contributed by atoms with van der Waals surface area (Å²) in [5.74, 6) is 1.33. The van der Waals surface area contributed by atoms with Crippen LogP contribution in [0.4, 0.5) is 0 Å². The molecule has 0 aliphatic heterocycles. The Morgan fingerprint density at radius 3 is 2.60 bits per heavy atom. The van der Waals surface area contributed by atoms with E-state index in [4.69, 9.17) is 9.47 Å². The van der Waals surface area contributed by atoms with Crippen molar-refractivity contribution in [1.29, 1.82) is 0 Å². The van der Waals surface area contributed by atoms with Gasteiger partial charge < -0.3 is 14.6 Å². The largest absolute Gasteiger partial charge is 0.493 e. The van der Waals surface area contributed by atoms with E-state index < -0.39 is 11.7 Å². The molecule has 0 radical (unpaired) electrons. The average Bonchev–Trinajstić information content (AvgIpc) is 2.90. The van der Waals surface area contributed by atoms with Crippen LogP contribution in [-0.2, 0) is 11.3 Å². The molecule has 0 spiro atoms. The third-order valence-corrected chi connectivity index (χ3v) is 4.65. The van der Waals surface area contributed by atoms with Gasteiger partial charge in [-0.15, -0.1) is 0 Å². The molecular weight excluding hydrogens is 256 g/mol. The van der Waals surface area contributed by atoms with Gasteiger partial charge in [-0.1, -0.05) is 6.92 Å². The van der Waals surface area contributed by atoms with Crippen LogP contribution in [0.25, 0.3) is 0 Å². The van der Waals surface area contributed by atoms with Gasteiger partial charge in [0.1, 0.15) is 11.8 Å². The molecule has 1 aromatic rings. The van der Waals surface area contributed by atoms with Crippen LogP contribution in [0.3, 0.4) is 0 Å². The van der Waals surface area contributed by atoms with E-state index in [0.29, 0.717) is 18.2 Å². The predicted octanol–water partition coefficient (Wildman–Crippen LogP) is 2.54. The number of hydrogen-bond donors (Lipinski definition) is 1. The number of aromatic nitrogens is 2. The maximum atomic E-state index is 10.9. The van der Waals surface area contributed by atoms with Crippen LogP contribution in [0.1, 0.15) is 51.3 Å². The van der Waals surface area contributed by atoms with E-state index in [-0.39, 0.29) is 0 Å². The molecule has 1 heterocycles. The molecule has 0 amide bonds. The second-order valence-electron chi connectivity index (χ2n) is 5.77. The fraction of sp³-hybridized carbons (Fsp3) is 0.800. The SMILES string of the molecule is CCn1ncc(OC)c1C(O)C1(OC)CCC(C)CC1. The first-order valence-electron chi connectivity index (χ1n) is 7.41. The van der Waals surface area contributed by atoms with Crippen molar-refractivity contribution in [3.63, 3.8) is 0 Å². The van der Waals surface area contributed by atoms with Gasteiger partial charge in [0, 0.05) is 13.7 Å². The summed E-state index contributed by atoms with van der Waals surface area (Å²) >= 11 is 0. The minimum absolute atomic E-state index is 0.521. The van der Waals surface area contributed by atoms with Gasteiger partial charge in [0.2, 0.25) is 0 Å². The Morgan fingerprint density at radius 2 is 2.10 bits per heavy atom. The van der Waals surface area contributed by atoms with E-state index in [9.17, 15) is 5.11 Å². The topological polar surface area (TPSA) is 56.5 Å². The number of rotatable bonds is 5. The Hall–Kier alpha value is -1.07. The molecule has 1 aromatic heterocycles. The van der Waals surface area contributed by atoms with E-state index in [2.05, 4.69) is 12.0 Å². The summed E-state index contributed by atoms with van der Waals surface area (Å²) in [4.78, 5) is 0. The molecule has 1 aliphatic rings. The van der Waals surface area contributed by atoms with Gasteiger partial charge in [-0.2, -0.15) is 5.10 Å². The maximum Gasteiger partial charge on any atom is 0.162 e. The van der Waals surface area contributed by atoms with Crippen molar-refractivity contribution in [3.8, 4) is 5.75 Å². The number of ether oxygens (including phenoxy) is 2. The summed E-state index contributed by atoms with van der Waals surface area (Å²) in [6.07, 6.45) is 4.84. The molecule has 5 nitrogen and oxygen atoms in total. The van der Waals surface area contributed by atoms with Crippen molar-refractivity contribution >= 4 is 0 Å². The van der Waals surface area contributed by atoms with E-state index in [1.54, 1.807) is 25.1 Å². The second-order valence-corrected chi connectivity index (χ2v) is 5.77. The summed E-state index contributed by atoms with van der Waals surface area (Å²) < 4.78 is 12.9. The first-order valence-corrected chi connectivity index (χ1v) is 7.41. The average molecular weight is 282 g/mol. The van der Waals surface area contributed by atoms with Gasteiger partial charge in [-0.25, -0.2) is 0 Å². The van der Waals surface area contributed by atoms with Crippen LogP contribution in [0.15, 0.2) is 6.20 Å². The standard InChI is InChI=1S/C15H26N2O3/c1-5-17-13(12(19-3)10-16-17)14(18)15(20-4)8-6-11(2)7-9-15/h10-11,14,18H,5-9H2,1-4H3. The first-order chi connectivity index (χ1) is 9.57. The first kappa shape index (κ1) is 15.3. The molecule has 20 heavy (non-hydrogen) atoms. The zero-order valence-corrected chi connectivity index (χ0v) is 12.9. The van der Waals surface area contributed by atoms with Gasteiger partial charge in [-0.3, -0.25) is 4.68 Å². The summed E-state index contributed by atoms with van der Waals surface area (Å²) in [5.41, 5.74) is 0.207. The number of aliphatic hydroxyl groups excluding tert-OH is 1. The highest BCUT2D eigenvalue weighted by Gasteiger charge is 2.44. The molecule has 5 heteroatoms. The van der Waals surface area contributed by atoms with Crippen molar-refractivity contribution in [2.45, 2.75) is 57.8 Å². The van der Waals surface area contributed by atoms with Gasteiger partial charge in [0.25, 0.3) is 0 Å². The van der Waals surface area contributed by atoms with E-state index in [1.165, 1.54) is 0 Å². The van der Waals surface area contributed by atoms with Crippen LogP contribution < -0.4 is 4.74 Å². The third kappa shape index (κ3) is 2.56. The van der Waals surface area contributed by atoms with Crippen molar-refractivity contribution < 1.29 is 14.6 Å². The van der Waals surface area contributed by atoms with Gasteiger partial charge >= 0.3 is 0 Å². The predicted molar refractivity (Wildman–Crippen MR) is 76.8 cm³/mol. The van der Waals surface area contributed by atoms with Crippen LogP contribution in [0, 0.1) is 5.92 Å². The molecule has 2 rings (SSSR count). The summed E-state index contributed by atoms with van der Waals surface area (Å²) in [6.45, 7) is 4.96. The summed E-state index contributed by atoms with van der Waals surface area (Å²) in [5, 5.41) is 15.2. The number of hydrogen-bond acceptors (Lipinski definition) is 4. The molecule has 1 unspecified atom stereocenters. The number of aryl methyl sites for hydroxylation is 1. The van der Waals surface area contributed by atoms with Crippen LogP contribution in [0.2, 0.25) is 0 Å². The monoisotopic (exact) mass is 282 g/mol. The molecule has 114 valence electrons. The van der Waals surface area contributed by atoms with E-state index >= 15 is 0 Å². The zero-order chi connectivity index (χ0) is 14.8. The third-order valence-electron chi connectivity index (χ3n) is 4.65. The van der Waals surface area contributed by atoms with Gasteiger partial charge in [0.15, 0.2) is 5.75 Å². The normalized spacial score (nSPS) is 28.4. The van der Waals surface area contributed by atoms with Crippen LogP contribution in [0.5, 0.6) is 5.75 Å². The molecular formula is C15H26N2O3. The van der Waals surface area contributed by atoms with E-state index in [0.717, 1.165) is 31.4 Å². The highest BCUT2D eigenvalue weighted by Crippen LogP contribution is 2.44. The molecule has 0 saturated heterocycles. The number of nitrogens with zero attached hydrogens (tertiary/aromatic N) is 2. The Bertz CT molecular complexity index is 415. The quantitative estimate of drug-likeness (QED) is 0.901. The zero-order valence-electron chi connectivity index (χ0n) is 12.9. The molecule has 0 bridgehead atoms. The van der Waals surface area contributed by atoms with Crippen LogP contribution >= 0.6 is 0 Å². The Kier molecular flexibility index (Phi) is 4.70. The molecule has 1 fully saturated rings. The van der Waals surface area contributed by atoms with Gasteiger partial charge in [-0.05, 0) is 38.5 Å². The number of methoxy groups -OCH3 is 2. The lowest BCUT2D eigenvalue weighted by Gasteiger charge is -2.41. The molecule has 1 aliphatic carbocycles. The summed E-state index contributed by atoms with van der Waals surface area (Å²) in [7, 11) is 3.30. The fourth-order valence-electron chi connectivity index (χ4n) is 3.15. The van der Waals surface area contributed by atoms with Crippen LogP contribution in [-0.4, -0.2) is 34.7 Å². The lowest BCUT2D eigenvalue weighted by Crippen LogP contribution is -2.42. The molecule has 1 atom stereocenters. The Morgan fingerprint density at radius 1 is 1.45 bits per heavy atom. The van der Waals surface area contributed by atoms with Gasteiger partial charge in [0.05, 0.1) is 18.9 Å². The lowest BCUT2D eigenvalue weighted by atomic mass is 9.75. The second kappa shape index (κ2) is 6.14. The maximum absolute atomic E-state index is 10.9. The number of aliphatic hydroxyl groups is 1.